The van der Waals surface area contributed by atoms with Crippen molar-refractivity contribution in [3.8, 4) is 0 Å². The van der Waals surface area contributed by atoms with Gasteiger partial charge >= 0.3 is 0 Å². The average Bonchev–Trinajstić information content (AvgIpc) is 2.99. The first kappa shape index (κ1) is 14.6. The van der Waals surface area contributed by atoms with Gasteiger partial charge in [0, 0.05) is 16.8 Å². The zero-order chi connectivity index (χ0) is 15.7. The molecule has 0 aliphatic rings. The summed E-state index contributed by atoms with van der Waals surface area (Å²) in [6.45, 7) is 8.49. The SMILES string of the molecule is CCCc1cc2cc(C)cc(/N=C/c3[nH]c(C)cc3C)c2[nH]1. The van der Waals surface area contributed by atoms with Gasteiger partial charge in [0.1, 0.15) is 0 Å². The number of H-pyrrole nitrogens is 2. The van der Waals surface area contributed by atoms with Crippen LogP contribution >= 0.6 is 0 Å². The molecule has 3 nitrogen and oxygen atoms in total. The van der Waals surface area contributed by atoms with Crippen molar-refractivity contribution in [1.82, 2.24) is 9.97 Å². The summed E-state index contributed by atoms with van der Waals surface area (Å²) >= 11 is 0. The van der Waals surface area contributed by atoms with Gasteiger partial charge in [0.25, 0.3) is 0 Å². The molecule has 2 N–H and O–H groups in total. The van der Waals surface area contributed by atoms with Gasteiger partial charge in [0.05, 0.1) is 23.1 Å². The van der Waals surface area contributed by atoms with Gasteiger partial charge in [-0.15, -0.1) is 0 Å². The number of hydrogen-bond acceptors (Lipinski definition) is 1. The van der Waals surface area contributed by atoms with Gasteiger partial charge in [0.2, 0.25) is 0 Å². The van der Waals surface area contributed by atoms with Crippen LogP contribution < -0.4 is 0 Å². The van der Waals surface area contributed by atoms with Gasteiger partial charge in [-0.25, -0.2) is 0 Å². The Hall–Kier alpha value is -2.29. The first-order valence-corrected chi connectivity index (χ1v) is 7.89. The molecule has 0 fully saturated rings. The first-order chi connectivity index (χ1) is 10.6. The Labute approximate surface area is 131 Å². The summed E-state index contributed by atoms with van der Waals surface area (Å²) in [4.78, 5) is 11.6. The lowest BCUT2D eigenvalue weighted by Crippen LogP contribution is -1.85. The van der Waals surface area contributed by atoms with Crippen molar-refractivity contribution in [2.75, 3.05) is 0 Å². The molecule has 114 valence electrons. The second kappa shape index (κ2) is 5.84. The molecule has 3 heteroatoms. The quantitative estimate of drug-likeness (QED) is 0.627. The van der Waals surface area contributed by atoms with E-state index in [9.17, 15) is 0 Å². The lowest BCUT2D eigenvalue weighted by atomic mass is 10.1. The Morgan fingerprint density at radius 1 is 1.05 bits per heavy atom. The number of aromatic nitrogens is 2. The summed E-state index contributed by atoms with van der Waals surface area (Å²) < 4.78 is 0. The average molecular weight is 293 g/mol. The van der Waals surface area contributed by atoms with Gasteiger partial charge in [-0.2, -0.15) is 0 Å². The van der Waals surface area contributed by atoms with Gasteiger partial charge < -0.3 is 9.97 Å². The molecule has 2 aromatic heterocycles. The zero-order valence-corrected chi connectivity index (χ0v) is 13.7. The summed E-state index contributed by atoms with van der Waals surface area (Å²) in [6, 6.07) is 8.74. The second-order valence-corrected chi connectivity index (χ2v) is 6.10. The lowest BCUT2D eigenvalue weighted by Gasteiger charge is -2.00. The van der Waals surface area contributed by atoms with Gasteiger partial charge in [-0.3, -0.25) is 4.99 Å². The second-order valence-electron chi connectivity index (χ2n) is 6.10. The van der Waals surface area contributed by atoms with Crippen molar-refractivity contribution in [2.24, 2.45) is 4.99 Å². The normalized spacial score (nSPS) is 11.8. The van der Waals surface area contributed by atoms with Crippen molar-refractivity contribution >= 4 is 22.8 Å². The number of nitrogens with one attached hydrogen (secondary N) is 2. The molecule has 22 heavy (non-hydrogen) atoms. The number of nitrogens with zero attached hydrogens (tertiary/aromatic N) is 1. The topological polar surface area (TPSA) is 43.9 Å². The number of aliphatic imine (C=N–C) groups is 1. The van der Waals surface area contributed by atoms with E-state index in [0.29, 0.717) is 0 Å². The van der Waals surface area contributed by atoms with E-state index in [1.165, 1.54) is 27.9 Å². The van der Waals surface area contributed by atoms with Crippen LogP contribution in [0.2, 0.25) is 0 Å². The van der Waals surface area contributed by atoms with Crippen molar-refractivity contribution in [2.45, 2.75) is 40.5 Å². The van der Waals surface area contributed by atoms with Gasteiger partial charge in [-0.1, -0.05) is 13.3 Å². The van der Waals surface area contributed by atoms with Gasteiger partial charge in [-0.05, 0) is 62.6 Å². The predicted octanol–water partition coefficient (Wildman–Crippen LogP) is 5.12. The van der Waals surface area contributed by atoms with Crippen LogP contribution in [-0.4, -0.2) is 16.2 Å². The van der Waals surface area contributed by atoms with Crippen LogP contribution in [-0.2, 0) is 6.42 Å². The highest BCUT2D eigenvalue weighted by Gasteiger charge is 2.06. The minimum atomic E-state index is 1.00. The standard InChI is InChI=1S/C19H23N3/c1-5-6-16-10-15-7-12(2)8-17(19(15)22-16)20-11-18-13(3)9-14(4)21-18/h7-11,21-22H,5-6H2,1-4H3/b20-11+. The molecule has 3 aromatic rings. The Morgan fingerprint density at radius 3 is 2.55 bits per heavy atom. The monoisotopic (exact) mass is 293 g/mol. The zero-order valence-electron chi connectivity index (χ0n) is 13.7. The predicted molar refractivity (Wildman–Crippen MR) is 94.6 cm³/mol. The maximum Gasteiger partial charge on any atom is 0.0874 e. The Kier molecular flexibility index (Phi) is 3.88. The summed E-state index contributed by atoms with van der Waals surface area (Å²) in [6.07, 6.45) is 4.15. The molecule has 0 aliphatic heterocycles. The minimum Gasteiger partial charge on any atom is -0.358 e. The first-order valence-electron chi connectivity index (χ1n) is 7.89. The fourth-order valence-electron chi connectivity index (χ4n) is 2.95. The number of rotatable bonds is 4. The molecule has 0 unspecified atom stereocenters. The minimum absolute atomic E-state index is 1.00. The number of aromatic amines is 2. The molecule has 0 saturated heterocycles. The highest BCUT2D eigenvalue weighted by Crippen LogP contribution is 2.28. The van der Waals surface area contributed by atoms with Crippen LogP contribution in [0.25, 0.3) is 10.9 Å². The smallest absolute Gasteiger partial charge is 0.0874 e. The van der Waals surface area contributed by atoms with Crippen molar-refractivity contribution < 1.29 is 0 Å². The summed E-state index contributed by atoms with van der Waals surface area (Å²) in [5, 5.41) is 1.25. The molecule has 0 saturated carbocycles. The third-order valence-corrected chi connectivity index (χ3v) is 3.95. The Bertz CT molecular complexity index is 834. The van der Waals surface area contributed by atoms with E-state index >= 15 is 0 Å². The summed E-state index contributed by atoms with van der Waals surface area (Å²) in [7, 11) is 0. The fourth-order valence-corrected chi connectivity index (χ4v) is 2.95. The van der Waals surface area contributed by atoms with E-state index in [2.05, 4.69) is 61.9 Å². The van der Waals surface area contributed by atoms with Crippen LogP contribution in [0, 0.1) is 20.8 Å². The van der Waals surface area contributed by atoms with Crippen molar-refractivity contribution in [3.63, 3.8) is 0 Å². The van der Waals surface area contributed by atoms with E-state index in [1.807, 2.05) is 6.21 Å². The number of aryl methyl sites for hydroxylation is 4. The highest BCUT2D eigenvalue weighted by molar-refractivity contribution is 5.94. The Balaban J connectivity index is 2.03. The lowest BCUT2D eigenvalue weighted by molar-refractivity contribution is 0.896. The summed E-state index contributed by atoms with van der Waals surface area (Å²) in [5.41, 5.74) is 8.12. The summed E-state index contributed by atoms with van der Waals surface area (Å²) in [5.74, 6) is 0. The third kappa shape index (κ3) is 2.84. The highest BCUT2D eigenvalue weighted by atomic mass is 14.8. The molecule has 2 heterocycles. The van der Waals surface area contributed by atoms with E-state index in [-0.39, 0.29) is 0 Å². The Morgan fingerprint density at radius 2 is 1.86 bits per heavy atom. The number of fused-ring (bicyclic) bond motifs is 1. The van der Waals surface area contributed by atoms with E-state index < -0.39 is 0 Å². The molecular weight excluding hydrogens is 270 g/mol. The van der Waals surface area contributed by atoms with Crippen LogP contribution in [0.4, 0.5) is 5.69 Å². The number of hydrogen-bond donors (Lipinski definition) is 2. The third-order valence-electron chi connectivity index (χ3n) is 3.95. The number of benzene rings is 1. The molecule has 0 bridgehead atoms. The molecule has 1 aromatic carbocycles. The van der Waals surface area contributed by atoms with Crippen molar-refractivity contribution in [1.29, 1.82) is 0 Å². The largest absolute Gasteiger partial charge is 0.358 e. The van der Waals surface area contributed by atoms with E-state index in [1.54, 1.807) is 0 Å². The maximum atomic E-state index is 4.73. The molecule has 0 amide bonds. The van der Waals surface area contributed by atoms with Crippen LogP contribution in [0.15, 0.2) is 29.3 Å². The molecule has 3 rings (SSSR count). The maximum absolute atomic E-state index is 4.73. The van der Waals surface area contributed by atoms with E-state index in [0.717, 1.165) is 29.7 Å². The molecule has 0 atom stereocenters. The van der Waals surface area contributed by atoms with Crippen LogP contribution in [0.5, 0.6) is 0 Å². The van der Waals surface area contributed by atoms with Crippen molar-refractivity contribution in [3.05, 3.63) is 52.5 Å². The fraction of sp³-hybridized carbons (Fsp3) is 0.316. The van der Waals surface area contributed by atoms with Crippen LogP contribution in [0.1, 0.15) is 41.6 Å². The van der Waals surface area contributed by atoms with Crippen LogP contribution in [0.3, 0.4) is 0 Å². The van der Waals surface area contributed by atoms with Gasteiger partial charge in [0.15, 0.2) is 0 Å². The molecule has 0 spiro atoms. The molecule has 0 radical (unpaired) electrons. The van der Waals surface area contributed by atoms with E-state index in [4.69, 9.17) is 4.99 Å². The molecule has 0 aliphatic carbocycles. The molecular formula is C19H23N3.